The lowest BCUT2D eigenvalue weighted by molar-refractivity contribution is -0.142. The molecule has 2 aliphatic rings. The summed E-state index contributed by atoms with van der Waals surface area (Å²) in [4.78, 5) is 21.4. The Kier molecular flexibility index (Phi) is 2.67. The van der Waals surface area contributed by atoms with Crippen LogP contribution >= 0.6 is 0 Å². The van der Waals surface area contributed by atoms with E-state index in [0.29, 0.717) is 11.8 Å². The van der Waals surface area contributed by atoms with Crippen LogP contribution in [0.3, 0.4) is 0 Å². The van der Waals surface area contributed by atoms with E-state index in [9.17, 15) is 9.59 Å². The van der Waals surface area contributed by atoms with E-state index in [1.54, 1.807) is 0 Å². The zero-order valence-electron chi connectivity index (χ0n) is 8.56. The van der Waals surface area contributed by atoms with Gasteiger partial charge in [-0.1, -0.05) is 0 Å². The van der Waals surface area contributed by atoms with Gasteiger partial charge in [0.15, 0.2) is 0 Å². The SMILES string of the molecule is O=C(O)C[C@@H]1C2CCC(C2)[C@H]1CC(=O)O. The summed E-state index contributed by atoms with van der Waals surface area (Å²) >= 11 is 0. The molecular formula is C11H16O4. The molecule has 15 heavy (non-hydrogen) atoms. The summed E-state index contributed by atoms with van der Waals surface area (Å²) in [7, 11) is 0. The number of rotatable bonds is 4. The topological polar surface area (TPSA) is 74.6 Å². The fourth-order valence-electron chi connectivity index (χ4n) is 3.57. The van der Waals surface area contributed by atoms with Crippen molar-refractivity contribution in [3.05, 3.63) is 0 Å². The second kappa shape index (κ2) is 3.83. The molecule has 0 amide bonds. The first-order chi connectivity index (χ1) is 7.08. The second-order valence-electron chi connectivity index (χ2n) is 4.86. The maximum Gasteiger partial charge on any atom is 0.303 e. The second-order valence-corrected chi connectivity index (χ2v) is 4.86. The van der Waals surface area contributed by atoms with Crippen LogP contribution < -0.4 is 0 Å². The van der Waals surface area contributed by atoms with E-state index in [4.69, 9.17) is 10.2 Å². The Labute approximate surface area is 88.3 Å². The van der Waals surface area contributed by atoms with Crippen LogP contribution in [0, 0.1) is 23.7 Å². The van der Waals surface area contributed by atoms with Crippen LogP contribution in [-0.2, 0) is 9.59 Å². The minimum absolute atomic E-state index is 0.109. The van der Waals surface area contributed by atoms with E-state index in [1.165, 1.54) is 0 Å². The highest BCUT2D eigenvalue weighted by Crippen LogP contribution is 2.54. The van der Waals surface area contributed by atoms with Gasteiger partial charge in [0.1, 0.15) is 0 Å². The van der Waals surface area contributed by atoms with Crippen LogP contribution in [-0.4, -0.2) is 22.2 Å². The molecular weight excluding hydrogens is 196 g/mol. The molecule has 0 radical (unpaired) electrons. The quantitative estimate of drug-likeness (QED) is 0.742. The standard InChI is InChI=1S/C11H16O4/c12-10(13)4-8-6-1-2-7(3-6)9(8)5-11(14)15/h6-9H,1-5H2,(H,12,13)(H,14,15)/t6?,7?,8-,9-/m1/s1. The van der Waals surface area contributed by atoms with Gasteiger partial charge in [0.2, 0.25) is 0 Å². The Balaban J connectivity index is 2.05. The third-order valence-electron chi connectivity index (χ3n) is 4.10. The van der Waals surface area contributed by atoms with Crippen molar-refractivity contribution >= 4 is 11.9 Å². The fraction of sp³-hybridized carbons (Fsp3) is 0.818. The van der Waals surface area contributed by atoms with E-state index in [2.05, 4.69) is 0 Å². The van der Waals surface area contributed by atoms with E-state index >= 15 is 0 Å². The van der Waals surface area contributed by atoms with Gasteiger partial charge >= 0.3 is 11.9 Å². The number of hydrogen-bond donors (Lipinski definition) is 2. The molecule has 2 aliphatic carbocycles. The molecule has 0 aliphatic heterocycles. The summed E-state index contributed by atoms with van der Waals surface area (Å²) in [5.74, 6) is -0.425. The summed E-state index contributed by atoms with van der Waals surface area (Å²) in [6, 6.07) is 0. The summed E-state index contributed by atoms with van der Waals surface area (Å²) in [6.45, 7) is 0. The molecule has 2 unspecified atom stereocenters. The maximum absolute atomic E-state index is 10.7. The molecule has 2 rings (SSSR count). The van der Waals surface area contributed by atoms with Crippen molar-refractivity contribution in [3.8, 4) is 0 Å². The van der Waals surface area contributed by atoms with Gasteiger partial charge in [-0.2, -0.15) is 0 Å². The first kappa shape index (κ1) is 10.5. The van der Waals surface area contributed by atoms with Gasteiger partial charge in [-0.3, -0.25) is 9.59 Å². The normalized spacial score (nSPS) is 38.1. The van der Waals surface area contributed by atoms with Crippen LogP contribution in [0.15, 0.2) is 0 Å². The average molecular weight is 212 g/mol. The Morgan fingerprint density at radius 2 is 1.33 bits per heavy atom. The van der Waals surface area contributed by atoms with Crippen molar-refractivity contribution < 1.29 is 19.8 Å². The molecule has 2 bridgehead atoms. The highest BCUT2D eigenvalue weighted by Gasteiger charge is 2.48. The lowest BCUT2D eigenvalue weighted by Crippen LogP contribution is -2.26. The number of aliphatic carboxylic acids is 2. The molecule has 0 aromatic carbocycles. The van der Waals surface area contributed by atoms with Gasteiger partial charge in [-0.15, -0.1) is 0 Å². The van der Waals surface area contributed by atoms with Gasteiger partial charge in [0, 0.05) is 12.8 Å². The molecule has 2 saturated carbocycles. The van der Waals surface area contributed by atoms with E-state index < -0.39 is 11.9 Å². The molecule has 4 nitrogen and oxygen atoms in total. The molecule has 4 heteroatoms. The van der Waals surface area contributed by atoms with Crippen molar-refractivity contribution in [1.82, 2.24) is 0 Å². The number of carbonyl (C=O) groups is 2. The van der Waals surface area contributed by atoms with Crippen LogP contribution in [0.2, 0.25) is 0 Å². The number of carboxylic acids is 2. The predicted molar refractivity (Wildman–Crippen MR) is 52.3 cm³/mol. The highest BCUT2D eigenvalue weighted by molar-refractivity contribution is 5.69. The molecule has 0 heterocycles. The Morgan fingerprint density at radius 1 is 0.933 bits per heavy atom. The highest BCUT2D eigenvalue weighted by atomic mass is 16.4. The average Bonchev–Trinajstić information content (AvgIpc) is 2.67. The zero-order valence-corrected chi connectivity index (χ0v) is 8.56. The third-order valence-corrected chi connectivity index (χ3v) is 4.10. The van der Waals surface area contributed by atoms with Crippen molar-refractivity contribution in [2.75, 3.05) is 0 Å². The number of carboxylic acid groups (broad SMARTS) is 2. The lowest BCUT2D eigenvalue weighted by Gasteiger charge is -2.28. The maximum atomic E-state index is 10.7. The van der Waals surface area contributed by atoms with E-state index in [0.717, 1.165) is 19.3 Å². The van der Waals surface area contributed by atoms with Crippen LogP contribution in [0.4, 0.5) is 0 Å². The number of hydrogen-bond acceptors (Lipinski definition) is 2. The summed E-state index contributed by atoms with van der Waals surface area (Å²) in [5, 5.41) is 17.6. The number of fused-ring (bicyclic) bond motifs is 2. The molecule has 0 aromatic heterocycles. The fourth-order valence-corrected chi connectivity index (χ4v) is 3.57. The summed E-state index contributed by atoms with van der Waals surface area (Å²) in [5.41, 5.74) is 0. The molecule has 0 spiro atoms. The van der Waals surface area contributed by atoms with Crippen LogP contribution in [0.5, 0.6) is 0 Å². The van der Waals surface area contributed by atoms with Crippen molar-refractivity contribution in [1.29, 1.82) is 0 Å². The van der Waals surface area contributed by atoms with Gasteiger partial charge in [0.25, 0.3) is 0 Å². The first-order valence-corrected chi connectivity index (χ1v) is 5.51. The smallest absolute Gasteiger partial charge is 0.303 e. The van der Waals surface area contributed by atoms with Crippen molar-refractivity contribution in [2.45, 2.75) is 32.1 Å². The molecule has 2 N–H and O–H groups in total. The van der Waals surface area contributed by atoms with Crippen LogP contribution in [0.1, 0.15) is 32.1 Å². The summed E-state index contributed by atoms with van der Waals surface area (Å²) < 4.78 is 0. The molecule has 84 valence electrons. The Hall–Kier alpha value is -1.06. The molecule has 2 fully saturated rings. The van der Waals surface area contributed by atoms with Gasteiger partial charge in [-0.25, -0.2) is 0 Å². The molecule has 4 atom stereocenters. The van der Waals surface area contributed by atoms with E-state index in [-0.39, 0.29) is 24.7 Å². The van der Waals surface area contributed by atoms with Gasteiger partial charge < -0.3 is 10.2 Å². The predicted octanol–water partition coefficient (Wildman–Crippen LogP) is 1.60. The minimum Gasteiger partial charge on any atom is -0.481 e. The van der Waals surface area contributed by atoms with Crippen molar-refractivity contribution in [2.24, 2.45) is 23.7 Å². The largest absolute Gasteiger partial charge is 0.481 e. The Bertz CT molecular complexity index is 258. The first-order valence-electron chi connectivity index (χ1n) is 5.51. The molecule has 0 saturated heterocycles. The minimum atomic E-state index is -0.789. The Morgan fingerprint density at radius 3 is 1.67 bits per heavy atom. The van der Waals surface area contributed by atoms with Crippen molar-refractivity contribution in [3.63, 3.8) is 0 Å². The van der Waals surface area contributed by atoms with Crippen LogP contribution in [0.25, 0.3) is 0 Å². The monoisotopic (exact) mass is 212 g/mol. The van der Waals surface area contributed by atoms with E-state index in [1.807, 2.05) is 0 Å². The third kappa shape index (κ3) is 1.98. The van der Waals surface area contributed by atoms with Gasteiger partial charge in [0.05, 0.1) is 0 Å². The lowest BCUT2D eigenvalue weighted by atomic mass is 9.76. The molecule has 0 aromatic rings. The summed E-state index contributed by atoms with van der Waals surface area (Å²) in [6.07, 6.45) is 3.55. The van der Waals surface area contributed by atoms with Gasteiger partial charge in [-0.05, 0) is 42.9 Å². The zero-order chi connectivity index (χ0) is 11.0.